The summed E-state index contributed by atoms with van der Waals surface area (Å²) < 4.78 is 4.88. The van der Waals surface area contributed by atoms with Crippen molar-refractivity contribution >= 4 is 12.0 Å². The number of carbonyl (C=O) groups excluding carboxylic acids is 2. The largest absolute Gasteiger partial charge is 0.462 e. The van der Waals surface area contributed by atoms with Crippen molar-refractivity contribution in [3.05, 3.63) is 12.2 Å². The number of carbonyl (C=O) groups is 2. The minimum atomic E-state index is -0.387. The van der Waals surface area contributed by atoms with Crippen LogP contribution in [0.15, 0.2) is 12.2 Å². The van der Waals surface area contributed by atoms with Crippen molar-refractivity contribution in [1.82, 2.24) is 10.6 Å². The summed E-state index contributed by atoms with van der Waals surface area (Å²) in [5.41, 5.74) is 0.388. The number of rotatable bonds is 4. The zero-order valence-corrected chi connectivity index (χ0v) is 8.13. The number of urea groups is 1. The fourth-order valence-electron chi connectivity index (χ4n) is 1.09. The second kappa shape index (κ2) is 4.64. The number of ether oxygens (including phenoxy) is 1. The average molecular weight is 198 g/mol. The molecule has 5 heteroatoms. The lowest BCUT2D eigenvalue weighted by atomic mass is 10.2. The van der Waals surface area contributed by atoms with E-state index in [1.54, 1.807) is 6.92 Å². The van der Waals surface area contributed by atoms with E-state index in [-0.39, 0.29) is 18.0 Å². The molecule has 1 saturated heterocycles. The average Bonchev–Trinajstić information content (AvgIpc) is 2.51. The van der Waals surface area contributed by atoms with Crippen LogP contribution in [0.25, 0.3) is 0 Å². The van der Waals surface area contributed by atoms with Gasteiger partial charge in [-0.15, -0.1) is 0 Å². The predicted molar refractivity (Wildman–Crippen MR) is 50.7 cm³/mol. The molecule has 1 rings (SSSR count). The maximum atomic E-state index is 11.0. The van der Waals surface area contributed by atoms with E-state index < -0.39 is 0 Å². The number of esters is 1. The molecule has 0 spiro atoms. The summed E-state index contributed by atoms with van der Waals surface area (Å²) in [4.78, 5) is 21.7. The van der Waals surface area contributed by atoms with Gasteiger partial charge in [0.1, 0.15) is 0 Å². The molecule has 1 aliphatic rings. The van der Waals surface area contributed by atoms with E-state index in [0.29, 0.717) is 25.1 Å². The van der Waals surface area contributed by atoms with Gasteiger partial charge in [-0.05, 0) is 6.92 Å². The second-order valence-electron chi connectivity index (χ2n) is 3.26. The Bertz CT molecular complexity index is 263. The van der Waals surface area contributed by atoms with E-state index in [0.717, 1.165) is 0 Å². The molecule has 1 aliphatic heterocycles. The van der Waals surface area contributed by atoms with E-state index in [2.05, 4.69) is 17.2 Å². The van der Waals surface area contributed by atoms with Gasteiger partial charge in [-0.3, -0.25) is 0 Å². The molecule has 1 unspecified atom stereocenters. The maximum Gasteiger partial charge on any atom is 0.333 e. The third kappa shape index (κ3) is 3.08. The number of hydrogen-bond donors (Lipinski definition) is 2. The lowest BCUT2D eigenvalue weighted by molar-refractivity contribution is -0.139. The molecule has 0 saturated carbocycles. The Hall–Kier alpha value is -1.52. The van der Waals surface area contributed by atoms with Crippen molar-refractivity contribution in [2.75, 3.05) is 13.2 Å². The fraction of sp³-hybridized carbons (Fsp3) is 0.556. The van der Waals surface area contributed by atoms with Gasteiger partial charge >= 0.3 is 12.0 Å². The van der Waals surface area contributed by atoms with Crippen molar-refractivity contribution in [3.63, 3.8) is 0 Å². The summed E-state index contributed by atoms with van der Waals surface area (Å²) in [6.07, 6.45) is 0.623. The molecule has 1 atom stereocenters. The number of hydrogen-bond acceptors (Lipinski definition) is 3. The molecule has 0 aromatic heterocycles. The van der Waals surface area contributed by atoms with Crippen molar-refractivity contribution in [2.24, 2.45) is 0 Å². The van der Waals surface area contributed by atoms with Crippen molar-refractivity contribution < 1.29 is 14.3 Å². The van der Waals surface area contributed by atoms with E-state index >= 15 is 0 Å². The number of amides is 2. The van der Waals surface area contributed by atoms with E-state index in [9.17, 15) is 9.59 Å². The van der Waals surface area contributed by atoms with Crippen molar-refractivity contribution in [3.8, 4) is 0 Å². The summed E-state index contributed by atoms with van der Waals surface area (Å²) in [7, 11) is 0. The maximum absolute atomic E-state index is 11.0. The quantitative estimate of drug-likeness (QED) is 0.500. The lowest BCUT2D eigenvalue weighted by Gasteiger charge is -2.08. The molecule has 1 heterocycles. The van der Waals surface area contributed by atoms with E-state index in [4.69, 9.17) is 4.74 Å². The zero-order valence-electron chi connectivity index (χ0n) is 8.13. The van der Waals surface area contributed by atoms with Crippen LogP contribution in [0.1, 0.15) is 13.3 Å². The molecule has 5 nitrogen and oxygen atoms in total. The van der Waals surface area contributed by atoms with Crippen LogP contribution in [-0.4, -0.2) is 31.2 Å². The van der Waals surface area contributed by atoms with Crippen LogP contribution in [0.2, 0.25) is 0 Å². The molecule has 0 radical (unpaired) electrons. The predicted octanol–water partition coefficient (Wildman–Crippen LogP) is 0.177. The Balaban J connectivity index is 2.13. The molecular weight excluding hydrogens is 184 g/mol. The van der Waals surface area contributed by atoms with E-state index in [1.165, 1.54) is 0 Å². The Kier molecular flexibility index (Phi) is 3.50. The highest BCUT2D eigenvalue weighted by Gasteiger charge is 2.19. The van der Waals surface area contributed by atoms with Crippen molar-refractivity contribution in [2.45, 2.75) is 19.4 Å². The van der Waals surface area contributed by atoms with Gasteiger partial charge < -0.3 is 15.4 Å². The Morgan fingerprint density at radius 3 is 2.93 bits per heavy atom. The summed E-state index contributed by atoms with van der Waals surface area (Å²) >= 11 is 0. The second-order valence-corrected chi connectivity index (χ2v) is 3.26. The van der Waals surface area contributed by atoms with Gasteiger partial charge in [0.2, 0.25) is 0 Å². The van der Waals surface area contributed by atoms with Gasteiger partial charge in [-0.1, -0.05) is 6.58 Å². The van der Waals surface area contributed by atoms with Crippen LogP contribution in [0.4, 0.5) is 4.79 Å². The van der Waals surface area contributed by atoms with Crippen LogP contribution in [0.3, 0.4) is 0 Å². The normalized spacial score (nSPS) is 19.8. The monoisotopic (exact) mass is 198 g/mol. The molecule has 2 amide bonds. The SMILES string of the molecule is C=C(C)C(=O)OCCC1CNC(=O)N1. The molecule has 2 N–H and O–H groups in total. The van der Waals surface area contributed by atoms with Gasteiger partial charge in [0.25, 0.3) is 0 Å². The third-order valence-electron chi connectivity index (χ3n) is 1.89. The summed E-state index contributed by atoms with van der Waals surface area (Å²) in [6, 6.07) is -0.110. The number of nitrogens with one attached hydrogen (secondary N) is 2. The van der Waals surface area contributed by atoms with Gasteiger partial charge in [-0.25, -0.2) is 9.59 Å². The first-order valence-electron chi connectivity index (χ1n) is 4.46. The Labute approximate surface area is 82.5 Å². The van der Waals surface area contributed by atoms with Crippen LogP contribution in [0, 0.1) is 0 Å². The Morgan fingerprint density at radius 2 is 2.43 bits per heavy atom. The smallest absolute Gasteiger partial charge is 0.333 e. The van der Waals surface area contributed by atoms with Crippen molar-refractivity contribution in [1.29, 1.82) is 0 Å². The summed E-state index contributed by atoms with van der Waals surface area (Å²) in [5, 5.41) is 5.32. The third-order valence-corrected chi connectivity index (χ3v) is 1.89. The van der Waals surface area contributed by atoms with Crippen LogP contribution < -0.4 is 10.6 Å². The standard InChI is InChI=1S/C9H14N2O3/c1-6(2)8(12)14-4-3-7-5-10-9(13)11-7/h7H,1,3-5H2,2H3,(H2,10,11,13). The minimum absolute atomic E-state index is 0.0559. The molecule has 0 aliphatic carbocycles. The summed E-state index contributed by atoms with van der Waals surface area (Å²) in [5.74, 6) is -0.387. The molecule has 0 aromatic rings. The minimum Gasteiger partial charge on any atom is -0.462 e. The van der Waals surface area contributed by atoms with Crippen LogP contribution >= 0.6 is 0 Å². The first-order valence-corrected chi connectivity index (χ1v) is 4.46. The van der Waals surface area contributed by atoms with Gasteiger partial charge in [0, 0.05) is 18.5 Å². The molecule has 78 valence electrons. The van der Waals surface area contributed by atoms with Crippen LogP contribution in [0.5, 0.6) is 0 Å². The van der Waals surface area contributed by atoms with Gasteiger partial charge in [0.15, 0.2) is 0 Å². The fourth-order valence-corrected chi connectivity index (χ4v) is 1.09. The first-order chi connectivity index (χ1) is 6.59. The molecule has 0 bridgehead atoms. The van der Waals surface area contributed by atoms with E-state index in [1.807, 2.05) is 0 Å². The Morgan fingerprint density at radius 1 is 1.71 bits per heavy atom. The topological polar surface area (TPSA) is 67.4 Å². The zero-order chi connectivity index (χ0) is 10.6. The first kappa shape index (κ1) is 10.6. The molecular formula is C9H14N2O3. The van der Waals surface area contributed by atoms with Gasteiger partial charge in [0.05, 0.1) is 12.6 Å². The molecule has 1 fully saturated rings. The summed E-state index contributed by atoms with van der Waals surface area (Å²) in [6.45, 7) is 5.95. The van der Waals surface area contributed by atoms with Gasteiger partial charge in [-0.2, -0.15) is 0 Å². The molecule has 14 heavy (non-hydrogen) atoms. The highest BCUT2D eigenvalue weighted by atomic mass is 16.5. The highest BCUT2D eigenvalue weighted by Crippen LogP contribution is 1.99. The lowest BCUT2D eigenvalue weighted by Crippen LogP contribution is -2.28. The van der Waals surface area contributed by atoms with Crippen LogP contribution in [-0.2, 0) is 9.53 Å². The highest BCUT2D eigenvalue weighted by molar-refractivity contribution is 5.86. The molecule has 0 aromatic carbocycles.